The van der Waals surface area contributed by atoms with Crippen molar-refractivity contribution < 1.29 is 9.32 Å². The normalized spacial score (nSPS) is 15.5. The Kier molecular flexibility index (Phi) is 6.84. The maximum atomic E-state index is 12.6. The number of piperazine rings is 1. The molecule has 0 unspecified atom stereocenters. The summed E-state index contributed by atoms with van der Waals surface area (Å²) in [6.45, 7) is 10.8. The van der Waals surface area contributed by atoms with E-state index in [2.05, 4.69) is 26.9 Å². The minimum atomic E-state index is 0.156. The number of nitrogens with zero attached hydrogens (tertiary/aromatic N) is 5. The fraction of sp³-hybridized carbons (Fsp3) is 0.579. The van der Waals surface area contributed by atoms with Gasteiger partial charge in [-0.15, -0.1) is 0 Å². The Bertz CT molecular complexity index is 756. The maximum absolute atomic E-state index is 12.6. The molecule has 0 aromatic carbocycles. The lowest BCUT2D eigenvalue weighted by atomic mass is 10.2. The Morgan fingerprint density at radius 1 is 1.30 bits per heavy atom. The van der Waals surface area contributed by atoms with Gasteiger partial charge in [0.15, 0.2) is 0 Å². The summed E-state index contributed by atoms with van der Waals surface area (Å²) in [5, 5.41) is 4.83. The number of amides is 1. The van der Waals surface area contributed by atoms with Gasteiger partial charge in [0, 0.05) is 38.3 Å². The van der Waals surface area contributed by atoms with E-state index in [1.54, 1.807) is 6.20 Å². The lowest BCUT2D eigenvalue weighted by molar-refractivity contribution is -0.130. The molecule has 0 bridgehead atoms. The Hall–Kier alpha value is -1.93. The quantitative estimate of drug-likeness (QED) is 0.674. The summed E-state index contributed by atoms with van der Waals surface area (Å²) in [7, 11) is 0. The monoisotopic (exact) mass is 389 g/mol. The molecule has 0 radical (unpaired) electrons. The van der Waals surface area contributed by atoms with Crippen LogP contribution in [0.3, 0.4) is 0 Å². The molecule has 8 heteroatoms. The van der Waals surface area contributed by atoms with Gasteiger partial charge in [0.25, 0.3) is 0 Å². The predicted octanol–water partition coefficient (Wildman–Crippen LogP) is 2.90. The SMILES string of the molecule is CCCN1CCN(C(=O)CSc2ncccc2-c2noc(C(C)C)n2)CC1. The topological polar surface area (TPSA) is 75.4 Å². The third kappa shape index (κ3) is 5.07. The van der Waals surface area contributed by atoms with E-state index in [0.29, 0.717) is 17.5 Å². The molecule has 1 aliphatic heterocycles. The smallest absolute Gasteiger partial charge is 0.233 e. The average Bonchev–Trinajstić information content (AvgIpc) is 3.17. The molecule has 0 aliphatic carbocycles. The maximum Gasteiger partial charge on any atom is 0.233 e. The van der Waals surface area contributed by atoms with Crippen molar-refractivity contribution in [3.63, 3.8) is 0 Å². The van der Waals surface area contributed by atoms with Crippen LogP contribution in [0.5, 0.6) is 0 Å². The number of thioether (sulfide) groups is 1. The number of hydrogen-bond acceptors (Lipinski definition) is 7. The van der Waals surface area contributed by atoms with Crippen molar-refractivity contribution in [1.29, 1.82) is 0 Å². The van der Waals surface area contributed by atoms with Crippen molar-refractivity contribution in [2.45, 2.75) is 38.1 Å². The highest BCUT2D eigenvalue weighted by Gasteiger charge is 2.22. The number of hydrogen-bond donors (Lipinski definition) is 0. The summed E-state index contributed by atoms with van der Waals surface area (Å²) in [5.41, 5.74) is 0.804. The van der Waals surface area contributed by atoms with Crippen LogP contribution in [0.4, 0.5) is 0 Å². The Morgan fingerprint density at radius 3 is 2.74 bits per heavy atom. The third-order valence-electron chi connectivity index (χ3n) is 4.54. The van der Waals surface area contributed by atoms with Crippen LogP contribution in [0.15, 0.2) is 27.9 Å². The van der Waals surface area contributed by atoms with E-state index < -0.39 is 0 Å². The standard InChI is InChI=1S/C19H27N5O2S/c1-4-8-23-9-11-24(12-10-23)16(25)13-27-19-15(6-5-7-20-19)17-21-18(14(2)3)26-22-17/h5-7,14H,4,8-13H2,1-3H3. The number of rotatable bonds is 7. The molecule has 27 heavy (non-hydrogen) atoms. The van der Waals surface area contributed by atoms with Gasteiger partial charge in [0.05, 0.1) is 11.3 Å². The van der Waals surface area contributed by atoms with Crippen LogP contribution in [-0.4, -0.2) is 69.3 Å². The molecule has 2 aromatic rings. The first-order valence-electron chi connectivity index (χ1n) is 9.50. The zero-order chi connectivity index (χ0) is 19.2. The lowest BCUT2D eigenvalue weighted by Crippen LogP contribution is -2.49. The number of pyridine rings is 1. The summed E-state index contributed by atoms with van der Waals surface area (Å²) in [6.07, 6.45) is 2.88. The lowest BCUT2D eigenvalue weighted by Gasteiger charge is -2.34. The first-order chi connectivity index (χ1) is 13.1. The molecule has 2 aromatic heterocycles. The van der Waals surface area contributed by atoms with Crippen LogP contribution in [-0.2, 0) is 4.79 Å². The molecule has 0 atom stereocenters. The minimum absolute atomic E-state index is 0.156. The molecule has 3 rings (SSSR count). The van der Waals surface area contributed by atoms with E-state index in [1.807, 2.05) is 30.9 Å². The van der Waals surface area contributed by atoms with Crippen LogP contribution >= 0.6 is 11.8 Å². The van der Waals surface area contributed by atoms with Gasteiger partial charge in [-0.3, -0.25) is 9.69 Å². The Morgan fingerprint density at radius 2 is 2.07 bits per heavy atom. The molecule has 0 saturated carbocycles. The second-order valence-corrected chi connectivity index (χ2v) is 7.94. The van der Waals surface area contributed by atoms with Crippen molar-refractivity contribution in [2.24, 2.45) is 0 Å². The largest absolute Gasteiger partial charge is 0.339 e. The molecule has 1 saturated heterocycles. The van der Waals surface area contributed by atoms with Crippen LogP contribution in [0.25, 0.3) is 11.4 Å². The molecule has 1 amide bonds. The van der Waals surface area contributed by atoms with Gasteiger partial charge < -0.3 is 9.42 Å². The van der Waals surface area contributed by atoms with Gasteiger partial charge in [0.1, 0.15) is 5.03 Å². The molecule has 1 fully saturated rings. The van der Waals surface area contributed by atoms with Crippen LogP contribution in [0.1, 0.15) is 39.0 Å². The highest BCUT2D eigenvalue weighted by atomic mass is 32.2. The van der Waals surface area contributed by atoms with Gasteiger partial charge in [-0.25, -0.2) is 4.98 Å². The van der Waals surface area contributed by atoms with Crippen molar-refractivity contribution in [3.8, 4) is 11.4 Å². The molecular weight excluding hydrogens is 362 g/mol. The van der Waals surface area contributed by atoms with Crippen molar-refractivity contribution in [1.82, 2.24) is 24.9 Å². The molecule has 146 valence electrons. The minimum Gasteiger partial charge on any atom is -0.339 e. The summed E-state index contributed by atoms with van der Waals surface area (Å²) >= 11 is 1.43. The molecule has 7 nitrogen and oxygen atoms in total. The van der Waals surface area contributed by atoms with E-state index in [4.69, 9.17) is 4.52 Å². The van der Waals surface area contributed by atoms with Crippen molar-refractivity contribution in [2.75, 3.05) is 38.5 Å². The van der Waals surface area contributed by atoms with E-state index >= 15 is 0 Å². The fourth-order valence-corrected chi connectivity index (χ4v) is 3.91. The number of carbonyl (C=O) groups excluding carboxylic acids is 1. The van der Waals surface area contributed by atoms with Gasteiger partial charge >= 0.3 is 0 Å². The highest BCUT2D eigenvalue weighted by Crippen LogP contribution is 2.28. The summed E-state index contributed by atoms with van der Waals surface area (Å²) in [4.78, 5) is 25.8. The first kappa shape index (κ1) is 19.8. The fourth-order valence-electron chi connectivity index (χ4n) is 3.01. The van der Waals surface area contributed by atoms with Gasteiger partial charge in [0.2, 0.25) is 17.6 Å². The van der Waals surface area contributed by atoms with Crippen LogP contribution in [0, 0.1) is 0 Å². The zero-order valence-electron chi connectivity index (χ0n) is 16.2. The Labute approximate surface area is 164 Å². The van der Waals surface area contributed by atoms with Gasteiger partial charge in [-0.05, 0) is 25.1 Å². The van der Waals surface area contributed by atoms with Gasteiger partial charge in [-0.2, -0.15) is 4.98 Å². The van der Waals surface area contributed by atoms with Crippen molar-refractivity contribution >= 4 is 17.7 Å². The summed E-state index contributed by atoms with van der Waals surface area (Å²) in [5.74, 6) is 1.82. The highest BCUT2D eigenvalue weighted by molar-refractivity contribution is 8.00. The second-order valence-electron chi connectivity index (χ2n) is 6.98. The molecule has 0 N–H and O–H groups in total. The van der Waals surface area contributed by atoms with E-state index in [9.17, 15) is 4.79 Å². The second kappa shape index (κ2) is 9.32. The molecule has 3 heterocycles. The predicted molar refractivity (Wildman–Crippen MR) is 106 cm³/mol. The average molecular weight is 390 g/mol. The number of aromatic nitrogens is 3. The van der Waals surface area contributed by atoms with Crippen LogP contribution in [0.2, 0.25) is 0 Å². The molecule has 1 aliphatic rings. The van der Waals surface area contributed by atoms with E-state index in [1.165, 1.54) is 11.8 Å². The summed E-state index contributed by atoms with van der Waals surface area (Å²) < 4.78 is 5.31. The molecule has 0 spiro atoms. The van der Waals surface area contributed by atoms with Gasteiger partial charge in [-0.1, -0.05) is 37.7 Å². The first-order valence-corrected chi connectivity index (χ1v) is 10.5. The Balaban J connectivity index is 1.61. The van der Waals surface area contributed by atoms with Crippen LogP contribution < -0.4 is 0 Å². The molecular formula is C19H27N5O2S. The third-order valence-corrected chi connectivity index (χ3v) is 5.53. The summed E-state index contributed by atoms with van der Waals surface area (Å²) in [6, 6.07) is 3.76. The van der Waals surface area contributed by atoms with Crippen molar-refractivity contribution in [3.05, 3.63) is 24.2 Å². The van der Waals surface area contributed by atoms with E-state index in [-0.39, 0.29) is 11.8 Å². The van der Waals surface area contributed by atoms with E-state index in [0.717, 1.165) is 49.7 Å². The zero-order valence-corrected chi connectivity index (χ0v) is 17.0. The number of carbonyl (C=O) groups is 1.